The fourth-order valence-corrected chi connectivity index (χ4v) is 7.75. The van der Waals surface area contributed by atoms with Crippen LogP contribution in [0.3, 0.4) is 0 Å². The Morgan fingerprint density at radius 2 is 1.72 bits per heavy atom. The fraction of sp³-hybridized carbons (Fsp3) is 0.514. The van der Waals surface area contributed by atoms with E-state index in [1.165, 1.54) is 6.26 Å². The number of carboxylic acids is 1. The second-order valence-electron chi connectivity index (χ2n) is 13.1. The number of ether oxygens (including phenoxy) is 2. The van der Waals surface area contributed by atoms with Crippen molar-refractivity contribution in [2.24, 2.45) is 5.92 Å². The molecule has 0 radical (unpaired) electrons. The van der Waals surface area contributed by atoms with E-state index in [0.717, 1.165) is 19.5 Å². The highest BCUT2D eigenvalue weighted by Gasteiger charge is 2.40. The van der Waals surface area contributed by atoms with Gasteiger partial charge >= 0.3 is 5.97 Å². The molecule has 3 fully saturated rings. The maximum Gasteiger partial charge on any atom is 0.306 e. The van der Waals surface area contributed by atoms with Crippen LogP contribution in [0, 0.1) is 5.92 Å². The van der Waals surface area contributed by atoms with Crippen LogP contribution in [0.25, 0.3) is 11.0 Å². The number of para-hydroxylation sites is 1. The molecular weight excluding hydrogens is 645 g/mol. The summed E-state index contributed by atoms with van der Waals surface area (Å²) in [7, 11) is 0. The molecule has 2 aliphatic heterocycles. The number of morpholine rings is 1. The van der Waals surface area contributed by atoms with Gasteiger partial charge in [-0.05, 0) is 69.7 Å². The number of furan rings is 1. The smallest absolute Gasteiger partial charge is 0.306 e. The first-order chi connectivity index (χ1) is 22.5. The van der Waals surface area contributed by atoms with E-state index in [9.17, 15) is 19.5 Å². The summed E-state index contributed by atoms with van der Waals surface area (Å²) in [6, 6.07) is 10.5. The lowest BCUT2D eigenvalue weighted by molar-refractivity contribution is -0.144. The Morgan fingerprint density at radius 3 is 2.45 bits per heavy atom. The van der Waals surface area contributed by atoms with E-state index in [1.807, 2.05) is 23.1 Å². The third kappa shape index (κ3) is 7.78. The number of carbonyl (C=O) groups is 3. The molecule has 6 rings (SSSR count). The first-order valence-electron chi connectivity index (χ1n) is 16.3. The fourth-order valence-electron chi connectivity index (χ4n) is 7.29. The summed E-state index contributed by atoms with van der Waals surface area (Å²) in [5.74, 6) is -1.51. The zero-order valence-electron chi connectivity index (χ0n) is 26.6. The number of aliphatic carboxylic acids is 1. The Bertz CT molecular complexity index is 1610. The third-order valence-corrected chi connectivity index (χ3v) is 10.3. The Labute approximate surface area is 284 Å². The first kappa shape index (κ1) is 33.7. The van der Waals surface area contributed by atoms with Gasteiger partial charge in [-0.25, -0.2) is 0 Å². The number of halogens is 2. The lowest BCUT2D eigenvalue weighted by atomic mass is 9.87. The van der Waals surface area contributed by atoms with Crippen LogP contribution < -0.4 is 5.32 Å². The van der Waals surface area contributed by atoms with Gasteiger partial charge in [-0.2, -0.15) is 0 Å². The van der Waals surface area contributed by atoms with Crippen molar-refractivity contribution >= 4 is 57.6 Å². The molecule has 3 aromatic rings. The Balaban J connectivity index is 1.14. The van der Waals surface area contributed by atoms with Crippen molar-refractivity contribution < 1.29 is 33.4 Å². The van der Waals surface area contributed by atoms with Crippen LogP contribution in [-0.4, -0.2) is 89.3 Å². The molecule has 2 N–H and O–H groups in total. The molecule has 47 heavy (non-hydrogen) atoms. The molecule has 2 aromatic carbocycles. The number of nitrogens with one attached hydrogen (secondary N) is 1. The quantitative estimate of drug-likeness (QED) is 0.270. The van der Waals surface area contributed by atoms with Crippen molar-refractivity contribution in [2.75, 3.05) is 31.6 Å². The van der Waals surface area contributed by atoms with Gasteiger partial charge in [0.15, 0.2) is 0 Å². The topological polar surface area (TPSA) is 122 Å². The SMILES string of the molecule is C[C@@H]1CN([C@H]2C[C@@H](COC3CCC(C(=O)O)CC3)N(C(=O)Cc3cc(Cl)c(NC(=O)c4coc5ccccc45)cc3Cl)C2)C[C@H](C)O1. The molecule has 2 saturated heterocycles. The number of carbonyl (C=O) groups excluding carboxylic acids is 2. The molecule has 2 amide bonds. The summed E-state index contributed by atoms with van der Waals surface area (Å²) < 4.78 is 17.8. The summed E-state index contributed by atoms with van der Waals surface area (Å²) in [6.45, 7) is 6.70. The minimum absolute atomic E-state index is 0.0129. The van der Waals surface area contributed by atoms with E-state index in [4.69, 9.17) is 37.1 Å². The number of fused-ring (bicyclic) bond motifs is 1. The van der Waals surface area contributed by atoms with Gasteiger partial charge in [0.25, 0.3) is 5.91 Å². The zero-order valence-corrected chi connectivity index (χ0v) is 28.1. The normalized spacial score (nSPS) is 26.9. The Hall–Kier alpha value is -3.15. The summed E-state index contributed by atoms with van der Waals surface area (Å²) in [6.07, 6.45) is 5.04. The first-order valence-corrected chi connectivity index (χ1v) is 17.1. The lowest BCUT2D eigenvalue weighted by Gasteiger charge is -2.38. The maximum atomic E-state index is 13.9. The number of benzene rings is 2. The average molecular weight is 687 g/mol. The number of amides is 2. The molecule has 0 bridgehead atoms. The van der Waals surface area contributed by atoms with Gasteiger partial charge in [0, 0.05) is 36.1 Å². The van der Waals surface area contributed by atoms with Crippen molar-refractivity contribution in [2.45, 2.75) is 82.8 Å². The van der Waals surface area contributed by atoms with Gasteiger partial charge in [0.05, 0.1) is 59.6 Å². The highest BCUT2D eigenvalue weighted by molar-refractivity contribution is 6.36. The number of anilines is 1. The molecule has 252 valence electrons. The number of carboxylic acid groups (broad SMARTS) is 1. The van der Waals surface area contributed by atoms with Crippen molar-refractivity contribution in [3.8, 4) is 0 Å². The Kier molecular flexibility index (Phi) is 10.4. The molecule has 1 saturated carbocycles. The summed E-state index contributed by atoms with van der Waals surface area (Å²) in [4.78, 5) is 42.7. The molecule has 0 unspecified atom stereocenters. The number of likely N-dealkylation sites (tertiary alicyclic amines) is 1. The van der Waals surface area contributed by atoms with Crippen LogP contribution in [0.2, 0.25) is 10.0 Å². The minimum atomic E-state index is -0.742. The predicted molar refractivity (Wildman–Crippen MR) is 179 cm³/mol. The molecule has 1 aromatic heterocycles. The summed E-state index contributed by atoms with van der Waals surface area (Å²) in [5.41, 5.74) is 1.88. The van der Waals surface area contributed by atoms with E-state index in [0.29, 0.717) is 71.6 Å². The lowest BCUT2D eigenvalue weighted by Crippen LogP contribution is -2.51. The number of nitrogens with zero attached hydrogens (tertiary/aromatic N) is 2. The molecule has 3 aliphatic rings. The monoisotopic (exact) mass is 685 g/mol. The highest BCUT2D eigenvalue weighted by Crippen LogP contribution is 2.33. The van der Waals surface area contributed by atoms with E-state index in [-0.39, 0.29) is 59.6 Å². The van der Waals surface area contributed by atoms with E-state index in [1.54, 1.807) is 18.2 Å². The molecule has 1 aliphatic carbocycles. The molecule has 4 atom stereocenters. The molecule has 12 heteroatoms. The molecule has 0 spiro atoms. The Morgan fingerprint density at radius 1 is 1.00 bits per heavy atom. The zero-order chi connectivity index (χ0) is 33.2. The third-order valence-electron chi connectivity index (χ3n) is 9.68. The molecule has 3 heterocycles. The van der Waals surface area contributed by atoms with Gasteiger partial charge in [0.2, 0.25) is 5.91 Å². The van der Waals surface area contributed by atoms with Crippen LogP contribution in [0.5, 0.6) is 0 Å². The summed E-state index contributed by atoms with van der Waals surface area (Å²) in [5, 5.41) is 13.5. The molecule has 10 nitrogen and oxygen atoms in total. The number of hydrogen-bond acceptors (Lipinski definition) is 7. The maximum absolute atomic E-state index is 13.9. The van der Waals surface area contributed by atoms with Crippen LogP contribution >= 0.6 is 23.2 Å². The second-order valence-corrected chi connectivity index (χ2v) is 14.0. The van der Waals surface area contributed by atoms with Crippen molar-refractivity contribution in [3.63, 3.8) is 0 Å². The van der Waals surface area contributed by atoms with Crippen molar-refractivity contribution in [3.05, 3.63) is 63.8 Å². The van der Waals surface area contributed by atoms with Crippen molar-refractivity contribution in [1.82, 2.24) is 9.80 Å². The summed E-state index contributed by atoms with van der Waals surface area (Å²) >= 11 is 13.3. The van der Waals surface area contributed by atoms with Crippen LogP contribution in [0.4, 0.5) is 5.69 Å². The van der Waals surface area contributed by atoms with Crippen LogP contribution in [0.15, 0.2) is 47.1 Å². The van der Waals surface area contributed by atoms with E-state index < -0.39 is 5.97 Å². The number of rotatable bonds is 9. The predicted octanol–water partition coefficient (Wildman–Crippen LogP) is 6.27. The van der Waals surface area contributed by atoms with Crippen LogP contribution in [-0.2, 0) is 25.5 Å². The second kappa shape index (κ2) is 14.5. The van der Waals surface area contributed by atoms with Gasteiger partial charge in [-0.3, -0.25) is 19.3 Å². The standard InChI is InChI=1S/C35H41Cl2N3O7/c1-20-15-39(16-21(2)47-20)24-13-25(18-45-26-9-7-22(8-10-26)35(43)44)40(17-24)33(41)12-23-11-30(37)31(14-29(23)36)38-34(42)28-19-46-32-6-4-3-5-27(28)32/h3-6,11,14,19-22,24-26H,7-10,12-13,15-18H2,1-2H3,(H,38,42)(H,43,44)/t20-,21+,22?,24-,25-,26?/m0/s1. The largest absolute Gasteiger partial charge is 0.481 e. The van der Waals surface area contributed by atoms with E-state index >= 15 is 0 Å². The van der Waals surface area contributed by atoms with Crippen LogP contribution in [0.1, 0.15) is 61.9 Å². The van der Waals surface area contributed by atoms with Gasteiger partial charge in [0.1, 0.15) is 11.8 Å². The minimum Gasteiger partial charge on any atom is -0.481 e. The van der Waals surface area contributed by atoms with E-state index in [2.05, 4.69) is 24.1 Å². The highest BCUT2D eigenvalue weighted by atomic mass is 35.5. The van der Waals surface area contributed by atoms with Gasteiger partial charge in [-0.15, -0.1) is 0 Å². The number of hydrogen-bond donors (Lipinski definition) is 2. The molecular formula is C35H41Cl2N3O7. The van der Waals surface area contributed by atoms with Crippen molar-refractivity contribution in [1.29, 1.82) is 0 Å². The van der Waals surface area contributed by atoms with Gasteiger partial charge < -0.3 is 29.2 Å². The average Bonchev–Trinajstić information content (AvgIpc) is 3.67. The van der Waals surface area contributed by atoms with Gasteiger partial charge in [-0.1, -0.05) is 41.4 Å².